The van der Waals surface area contributed by atoms with Crippen LogP contribution in [-0.4, -0.2) is 9.97 Å². The van der Waals surface area contributed by atoms with Crippen LogP contribution in [0.3, 0.4) is 0 Å². The lowest BCUT2D eigenvalue weighted by Crippen LogP contribution is -1.97. The van der Waals surface area contributed by atoms with Crippen LogP contribution in [0.15, 0.2) is 30.3 Å². The van der Waals surface area contributed by atoms with E-state index < -0.39 is 0 Å². The zero-order valence-corrected chi connectivity index (χ0v) is 9.27. The summed E-state index contributed by atoms with van der Waals surface area (Å²) in [6.07, 6.45) is 0. The fourth-order valence-electron chi connectivity index (χ4n) is 1.34. The molecule has 1 aromatic heterocycles. The largest absolute Gasteiger partial charge is 0.439 e. The summed E-state index contributed by atoms with van der Waals surface area (Å²) in [5.41, 5.74) is 6.79. The summed E-state index contributed by atoms with van der Waals surface area (Å²) >= 11 is 0. The van der Waals surface area contributed by atoms with E-state index in [1.807, 2.05) is 31.2 Å². The number of rotatable bonds is 2. The average molecular weight is 215 g/mol. The highest BCUT2D eigenvalue weighted by molar-refractivity contribution is 5.36. The number of aryl methyl sites for hydroxylation is 2. The van der Waals surface area contributed by atoms with Crippen molar-refractivity contribution in [3.05, 3.63) is 41.7 Å². The Kier molecular flexibility index (Phi) is 2.72. The lowest BCUT2D eigenvalue weighted by molar-refractivity contribution is 0.460. The third-order valence-corrected chi connectivity index (χ3v) is 2.08. The fourth-order valence-corrected chi connectivity index (χ4v) is 1.34. The molecule has 82 valence electrons. The molecule has 0 aliphatic carbocycles. The number of nitrogen functional groups attached to an aromatic ring is 1. The van der Waals surface area contributed by atoms with E-state index in [0.717, 1.165) is 5.75 Å². The SMILES string of the molecule is Cc1ccc(Oc2cc(N)nc(C)n2)cc1. The first-order valence-electron chi connectivity index (χ1n) is 4.99. The van der Waals surface area contributed by atoms with Crippen LogP contribution in [0.1, 0.15) is 11.4 Å². The first-order valence-corrected chi connectivity index (χ1v) is 4.99. The lowest BCUT2D eigenvalue weighted by Gasteiger charge is -2.06. The highest BCUT2D eigenvalue weighted by Crippen LogP contribution is 2.20. The van der Waals surface area contributed by atoms with Crippen LogP contribution in [0.5, 0.6) is 11.6 Å². The molecule has 0 spiro atoms. The van der Waals surface area contributed by atoms with Gasteiger partial charge in [-0.15, -0.1) is 0 Å². The molecule has 0 fully saturated rings. The Morgan fingerprint density at radius 2 is 1.75 bits per heavy atom. The molecule has 0 unspecified atom stereocenters. The van der Waals surface area contributed by atoms with E-state index in [2.05, 4.69) is 9.97 Å². The van der Waals surface area contributed by atoms with Crippen LogP contribution >= 0.6 is 0 Å². The predicted molar refractivity (Wildman–Crippen MR) is 62.4 cm³/mol. The molecule has 2 aromatic rings. The first-order chi connectivity index (χ1) is 7.63. The highest BCUT2D eigenvalue weighted by atomic mass is 16.5. The van der Waals surface area contributed by atoms with E-state index in [9.17, 15) is 0 Å². The first kappa shape index (κ1) is 10.4. The van der Waals surface area contributed by atoms with Crippen LogP contribution in [0, 0.1) is 13.8 Å². The fraction of sp³-hybridized carbons (Fsp3) is 0.167. The van der Waals surface area contributed by atoms with E-state index >= 15 is 0 Å². The van der Waals surface area contributed by atoms with Crippen molar-refractivity contribution in [3.63, 3.8) is 0 Å². The number of aromatic nitrogens is 2. The van der Waals surface area contributed by atoms with Gasteiger partial charge in [0.05, 0.1) is 0 Å². The van der Waals surface area contributed by atoms with Gasteiger partial charge < -0.3 is 10.5 Å². The Morgan fingerprint density at radius 1 is 1.06 bits per heavy atom. The Morgan fingerprint density at radius 3 is 2.38 bits per heavy atom. The second-order valence-electron chi connectivity index (χ2n) is 3.59. The summed E-state index contributed by atoms with van der Waals surface area (Å²) in [7, 11) is 0. The molecule has 0 bridgehead atoms. The van der Waals surface area contributed by atoms with Crippen LogP contribution in [0.2, 0.25) is 0 Å². The van der Waals surface area contributed by atoms with E-state index in [4.69, 9.17) is 10.5 Å². The quantitative estimate of drug-likeness (QED) is 0.835. The van der Waals surface area contributed by atoms with Crippen molar-refractivity contribution >= 4 is 5.82 Å². The minimum absolute atomic E-state index is 0.412. The van der Waals surface area contributed by atoms with Gasteiger partial charge >= 0.3 is 0 Å². The maximum absolute atomic E-state index is 5.61. The van der Waals surface area contributed by atoms with Crippen molar-refractivity contribution in [1.29, 1.82) is 0 Å². The van der Waals surface area contributed by atoms with Crippen LogP contribution in [-0.2, 0) is 0 Å². The van der Waals surface area contributed by atoms with Gasteiger partial charge in [0.25, 0.3) is 0 Å². The molecule has 0 atom stereocenters. The maximum Gasteiger partial charge on any atom is 0.224 e. The van der Waals surface area contributed by atoms with Gasteiger partial charge in [0.2, 0.25) is 5.88 Å². The maximum atomic E-state index is 5.61. The molecule has 1 aromatic carbocycles. The van der Waals surface area contributed by atoms with E-state index in [-0.39, 0.29) is 0 Å². The zero-order valence-electron chi connectivity index (χ0n) is 9.27. The van der Waals surface area contributed by atoms with E-state index in [1.54, 1.807) is 13.0 Å². The molecule has 4 nitrogen and oxygen atoms in total. The van der Waals surface area contributed by atoms with Crippen LogP contribution < -0.4 is 10.5 Å². The van der Waals surface area contributed by atoms with Gasteiger partial charge in [0.1, 0.15) is 17.4 Å². The Bertz CT molecular complexity index is 474. The number of benzene rings is 1. The van der Waals surface area contributed by atoms with Gasteiger partial charge in [-0.05, 0) is 26.0 Å². The molecule has 0 amide bonds. The van der Waals surface area contributed by atoms with Crippen LogP contribution in [0.4, 0.5) is 5.82 Å². The molecule has 0 aliphatic heterocycles. The summed E-state index contributed by atoms with van der Waals surface area (Å²) in [5, 5.41) is 0. The van der Waals surface area contributed by atoms with Crippen molar-refractivity contribution in [2.45, 2.75) is 13.8 Å². The van der Waals surface area contributed by atoms with Crippen molar-refractivity contribution in [2.75, 3.05) is 5.73 Å². The number of ether oxygens (including phenoxy) is 1. The second kappa shape index (κ2) is 4.18. The summed E-state index contributed by atoms with van der Waals surface area (Å²) in [6.45, 7) is 3.80. The summed E-state index contributed by atoms with van der Waals surface area (Å²) in [5.74, 6) is 2.22. The lowest BCUT2D eigenvalue weighted by atomic mass is 10.2. The summed E-state index contributed by atoms with van der Waals surface area (Å²) in [4.78, 5) is 8.12. The van der Waals surface area contributed by atoms with Crippen molar-refractivity contribution in [3.8, 4) is 11.6 Å². The molecule has 0 saturated heterocycles. The Labute approximate surface area is 94.1 Å². The minimum Gasteiger partial charge on any atom is -0.439 e. The predicted octanol–water partition coefficient (Wildman–Crippen LogP) is 2.47. The Hall–Kier alpha value is -2.10. The van der Waals surface area contributed by atoms with Gasteiger partial charge in [0, 0.05) is 6.07 Å². The van der Waals surface area contributed by atoms with E-state index in [0.29, 0.717) is 17.5 Å². The molecule has 1 heterocycles. The number of hydrogen-bond donors (Lipinski definition) is 1. The summed E-state index contributed by atoms with van der Waals surface area (Å²) in [6, 6.07) is 9.35. The molecule has 0 aliphatic rings. The highest BCUT2D eigenvalue weighted by Gasteiger charge is 2.01. The molecule has 4 heteroatoms. The molecule has 2 N–H and O–H groups in total. The van der Waals surface area contributed by atoms with Crippen molar-refractivity contribution < 1.29 is 4.74 Å². The molecule has 16 heavy (non-hydrogen) atoms. The van der Waals surface area contributed by atoms with Gasteiger partial charge in [0.15, 0.2) is 0 Å². The monoisotopic (exact) mass is 215 g/mol. The molecule has 0 radical (unpaired) electrons. The van der Waals surface area contributed by atoms with Gasteiger partial charge in [-0.25, -0.2) is 4.98 Å². The molecular formula is C12H13N3O. The molecular weight excluding hydrogens is 202 g/mol. The van der Waals surface area contributed by atoms with Crippen molar-refractivity contribution in [1.82, 2.24) is 9.97 Å². The molecule has 2 rings (SSSR count). The standard InChI is InChI=1S/C12H13N3O/c1-8-3-5-10(6-4-8)16-12-7-11(13)14-9(2)15-12/h3-7H,1-2H3,(H2,13,14,15). The smallest absolute Gasteiger partial charge is 0.224 e. The number of anilines is 1. The summed E-state index contributed by atoms with van der Waals surface area (Å²) < 4.78 is 5.56. The number of nitrogens with zero attached hydrogens (tertiary/aromatic N) is 2. The van der Waals surface area contributed by atoms with E-state index in [1.165, 1.54) is 5.56 Å². The average Bonchev–Trinajstić information content (AvgIpc) is 2.20. The third-order valence-electron chi connectivity index (χ3n) is 2.08. The second-order valence-corrected chi connectivity index (χ2v) is 3.59. The van der Waals surface area contributed by atoms with Gasteiger partial charge in [-0.1, -0.05) is 17.7 Å². The molecule has 0 saturated carbocycles. The number of hydrogen-bond acceptors (Lipinski definition) is 4. The topological polar surface area (TPSA) is 61.0 Å². The third kappa shape index (κ3) is 2.48. The van der Waals surface area contributed by atoms with Crippen LogP contribution in [0.25, 0.3) is 0 Å². The number of nitrogens with two attached hydrogens (primary N) is 1. The van der Waals surface area contributed by atoms with Gasteiger partial charge in [-0.3, -0.25) is 0 Å². The zero-order chi connectivity index (χ0) is 11.5. The Balaban J connectivity index is 2.23. The van der Waals surface area contributed by atoms with Gasteiger partial charge in [-0.2, -0.15) is 4.98 Å². The minimum atomic E-state index is 0.412. The normalized spacial score (nSPS) is 10.1. The van der Waals surface area contributed by atoms with Crippen molar-refractivity contribution in [2.24, 2.45) is 0 Å².